The van der Waals surface area contributed by atoms with Crippen molar-refractivity contribution in [3.05, 3.63) is 35.6 Å². The summed E-state index contributed by atoms with van der Waals surface area (Å²) >= 11 is 0. The zero-order chi connectivity index (χ0) is 12.4. The Hall–Kier alpha value is -1.58. The van der Waals surface area contributed by atoms with Gasteiger partial charge in [0.2, 0.25) is 0 Å². The molecule has 2 rings (SSSR count). The average Bonchev–Trinajstić information content (AvgIpc) is 3.12. The summed E-state index contributed by atoms with van der Waals surface area (Å²) < 4.78 is 12.8. The highest BCUT2D eigenvalue weighted by molar-refractivity contribution is 5.75. The molecule has 2 amide bonds. The van der Waals surface area contributed by atoms with Crippen LogP contribution in [0, 0.1) is 5.82 Å². The highest BCUT2D eigenvalue weighted by Crippen LogP contribution is 2.22. The second kappa shape index (κ2) is 4.73. The standard InChI is InChI=1S/C13H17FN2O/c1-9(10-3-5-11(14)6-4-10)16(2)13(17)15-12-7-8-12/h3-6,9,12H,7-8H2,1-2H3,(H,15,17). The molecule has 1 atom stereocenters. The molecule has 1 fully saturated rings. The molecule has 1 aromatic rings. The van der Waals surface area contributed by atoms with E-state index in [4.69, 9.17) is 0 Å². The fraction of sp³-hybridized carbons (Fsp3) is 0.462. The van der Waals surface area contributed by atoms with Crippen molar-refractivity contribution in [2.45, 2.75) is 31.8 Å². The van der Waals surface area contributed by atoms with Crippen LogP contribution in [0.3, 0.4) is 0 Å². The van der Waals surface area contributed by atoms with E-state index in [1.165, 1.54) is 12.1 Å². The Morgan fingerprint density at radius 1 is 1.41 bits per heavy atom. The first-order chi connectivity index (χ1) is 8.08. The van der Waals surface area contributed by atoms with Gasteiger partial charge in [-0.15, -0.1) is 0 Å². The van der Waals surface area contributed by atoms with Gasteiger partial charge in [-0.3, -0.25) is 0 Å². The van der Waals surface area contributed by atoms with E-state index < -0.39 is 0 Å². The summed E-state index contributed by atoms with van der Waals surface area (Å²) in [6.45, 7) is 1.93. The van der Waals surface area contributed by atoms with Crippen molar-refractivity contribution < 1.29 is 9.18 Å². The maximum atomic E-state index is 12.8. The summed E-state index contributed by atoms with van der Waals surface area (Å²) in [5, 5.41) is 2.93. The minimum atomic E-state index is -0.258. The van der Waals surface area contributed by atoms with Gasteiger partial charge in [0.1, 0.15) is 5.82 Å². The van der Waals surface area contributed by atoms with E-state index in [-0.39, 0.29) is 17.9 Å². The summed E-state index contributed by atoms with van der Waals surface area (Å²) in [5.74, 6) is -0.258. The summed E-state index contributed by atoms with van der Waals surface area (Å²) in [5.41, 5.74) is 0.930. The van der Waals surface area contributed by atoms with Gasteiger partial charge in [-0.25, -0.2) is 9.18 Å². The molecule has 0 aromatic heterocycles. The van der Waals surface area contributed by atoms with Crippen LogP contribution in [0.4, 0.5) is 9.18 Å². The van der Waals surface area contributed by atoms with Crippen molar-refractivity contribution in [2.24, 2.45) is 0 Å². The summed E-state index contributed by atoms with van der Waals surface area (Å²) in [4.78, 5) is 13.5. The lowest BCUT2D eigenvalue weighted by atomic mass is 10.1. The lowest BCUT2D eigenvalue weighted by molar-refractivity contribution is 0.194. The topological polar surface area (TPSA) is 32.3 Å². The van der Waals surface area contributed by atoms with Gasteiger partial charge in [-0.05, 0) is 37.5 Å². The average molecular weight is 236 g/mol. The molecule has 17 heavy (non-hydrogen) atoms. The molecule has 0 heterocycles. The van der Waals surface area contributed by atoms with Crippen molar-refractivity contribution in [3.63, 3.8) is 0 Å². The molecule has 1 N–H and O–H groups in total. The lowest BCUT2D eigenvalue weighted by Gasteiger charge is -2.25. The van der Waals surface area contributed by atoms with Gasteiger partial charge in [-0.1, -0.05) is 12.1 Å². The maximum Gasteiger partial charge on any atom is 0.317 e. The number of hydrogen-bond acceptors (Lipinski definition) is 1. The quantitative estimate of drug-likeness (QED) is 0.859. The fourth-order valence-corrected chi connectivity index (χ4v) is 1.64. The number of carbonyl (C=O) groups excluding carboxylic acids is 1. The molecule has 1 aliphatic carbocycles. The Morgan fingerprint density at radius 3 is 2.53 bits per heavy atom. The van der Waals surface area contributed by atoms with Crippen molar-refractivity contribution in [2.75, 3.05) is 7.05 Å². The van der Waals surface area contributed by atoms with Crippen LogP contribution in [0.2, 0.25) is 0 Å². The molecule has 0 spiro atoms. The van der Waals surface area contributed by atoms with Crippen molar-refractivity contribution in [3.8, 4) is 0 Å². The van der Waals surface area contributed by atoms with E-state index in [9.17, 15) is 9.18 Å². The summed E-state index contributed by atoms with van der Waals surface area (Å²) in [6, 6.07) is 6.47. The Labute approximate surface area is 101 Å². The predicted octanol–water partition coefficient (Wildman–Crippen LogP) is 2.69. The molecular weight excluding hydrogens is 219 g/mol. The number of rotatable bonds is 3. The molecule has 0 radical (unpaired) electrons. The van der Waals surface area contributed by atoms with Crippen LogP contribution in [0.15, 0.2) is 24.3 Å². The molecule has 1 unspecified atom stereocenters. The Morgan fingerprint density at radius 2 is 2.00 bits per heavy atom. The van der Waals surface area contributed by atoms with Gasteiger partial charge in [0, 0.05) is 13.1 Å². The number of nitrogens with zero attached hydrogens (tertiary/aromatic N) is 1. The SMILES string of the molecule is CC(c1ccc(F)cc1)N(C)C(=O)NC1CC1. The number of amides is 2. The van der Waals surface area contributed by atoms with Crippen molar-refractivity contribution in [1.29, 1.82) is 0 Å². The van der Waals surface area contributed by atoms with E-state index >= 15 is 0 Å². The molecule has 4 heteroatoms. The number of hydrogen-bond donors (Lipinski definition) is 1. The lowest BCUT2D eigenvalue weighted by Crippen LogP contribution is -2.39. The first kappa shape index (κ1) is 11.9. The molecule has 3 nitrogen and oxygen atoms in total. The Kier molecular flexibility index (Phi) is 3.31. The number of halogens is 1. The smallest absolute Gasteiger partial charge is 0.317 e. The third kappa shape index (κ3) is 2.96. The van der Waals surface area contributed by atoms with Gasteiger partial charge in [0.25, 0.3) is 0 Å². The second-order valence-electron chi connectivity index (χ2n) is 4.56. The van der Waals surface area contributed by atoms with Crippen LogP contribution < -0.4 is 5.32 Å². The largest absolute Gasteiger partial charge is 0.335 e. The highest BCUT2D eigenvalue weighted by atomic mass is 19.1. The molecule has 1 aliphatic rings. The molecule has 0 aliphatic heterocycles. The van der Waals surface area contributed by atoms with E-state index in [0.29, 0.717) is 6.04 Å². The van der Waals surface area contributed by atoms with Crippen LogP contribution in [0.25, 0.3) is 0 Å². The fourth-order valence-electron chi connectivity index (χ4n) is 1.64. The van der Waals surface area contributed by atoms with E-state index in [2.05, 4.69) is 5.32 Å². The number of nitrogens with one attached hydrogen (secondary N) is 1. The minimum Gasteiger partial charge on any atom is -0.335 e. The van der Waals surface area contributed by atoms with Gasteiger partial charge in [-0.2, -0.15) is 0 Å². The maximum absolute atomic E-state index is 12.8. The molecule has 0 bridgehead atoms. The first-order valence-corrected chi connectivity index (χ1v) is 5.86. The van der Waals surface area contributed by atoms with Crippen molar-refractivity contribution in [1.82, 2.24) is 10.2 Å². The third-order valence-electron chi connectivity index (χ3n) is 3.16. The molecule has 92 valence electrons. The molecular formula is C13H17FN2O. The van der Waals surface area contributed by atoms with Gasteiger partial charge >= 0.3 is 6.03 Å². The van der Waals surface area contributed by atoms with Gasteiger partial charge in [0.15, 0.2) is 0 Å². The third-order valence-corrected chi connectivity index (χ3v) is 3.16. The van der Waals surface area contributed by atoms with E-state index in [1.54, 1.807) is 24.1 Å². The van der Waals surface area contributed by atoms with Gasteiger partial charge < -0.3 is 10.2 Å². The number of urea groups is 1. The summed E-state index contributed by atoms with van der Waals surface area (Å²) in [7, 11) is 1.76. The van der Waals surface area contributed by atoms with Crippen LogP contribution in [0.5, 0.6) is 0 Å². The zero-order valence-corrected chi connectivity index (χ0v) is 10.1. The normalized spacial score (nSPS) is 16.4. The van der Waals surface area contributed by atoms with E-state index in [1.807, 2.05) is 6.92 Å². The van der Waals surface area contributed by atoms with Gasteiger partial charge in [0.05, 0.1) is 6.04 Å². The molecule has 0 saturated heterocycles. The predicted molar refractivity (Wildman–Crippen MR) is 64.1 cm³/mol. The Balaban J connectivity index is 1.99. The van der Waals surface area contributed by atoms with Crippen LogP contribution in [-0.2, 0) is 0 Å². The molecule has 1 aromatic carbocycles. The second-order valence-corrected chi connectivity index (χ2v) is 4.56. The zero-order valence-electron chi connectivity index (χ0n) is 10.1. The summed E-state index contributed by atoms with van der Waals surface area (Å²) in [6.07, 6.45) is 2.15. The van der Waals surface area contributed by atoms with Crippen molar-refractivity contribution >= 4 is 6.03 Å². The number of benzene rings is 1. The number of carbonyl (C=O) groups is 1. The van der Waals surface area contributed by atoms with E-state index in [0.717, 1.165) is 18.4 Å². The monoisotopic (exact) mass is 236 g/mol. The van der Waals surface area contributed by atoms with Crippen LogP contribution in [0.1, 0.15) is 31.4 Å². The van der Waals surface area contributed by atoms with Crippen LogP contribution >= 0.6 is 0 Å². The molecule has 1 saturated carbocycles. The minimum absolute atomic E-state index is 0.0608. The Bertz CT molecular complexity index is 400. The first-order valence-electron chi connectivity index (χ1n) is 5.86. The van der Waals surface area contributed by atoms with Crippen LogP contribution in [-0.4, -0.2) is 24.0 Å². The highest BCUT2D eigenvalue weighted by Gasteiger charge is 2.26.